The largest absolute Gasteiger partial charge is 0.493 e. The quantitative estimate of drug-likeness (QED) is 0.523. The lowest BCUT2D eigenvalue weighted by atomic mass is 10.1. The van der Waals surface area contributed by atoms with Gasteiger partial charge in [-0.2, -0.15) is 0 Å². The maximum absolute atomic E-state index is 11.9. The van der Waals surface area contributed by atoms with Crippen LogP contribution in [0.1, 0.15) is 45.6 Å². The minimum Gasteiger partial charge on any atom is -0.493 e. The van der Waals surface area contributed by atoms with Crippen molar-refractivity contribution in [2.75, 3.05) is 34.4 Å². The molecule has 0 aliphatic heterocycles. The summed E-state index contributed by atoms with van der Waals surface area (Å²) in [5.41, 5.74) is 1.04. The van der Waals surface area contributed by atoms with E-state index in [4.69, 9.17) is 14.2 Å². The number of benzene rings is 1. The van der Waals surface area contributed by atoms with Crippen molar-refractivity contribution in [1.29, 1.82) is 0 Å². The van der Waals surface area contributed by atoms with Gasteiger partial charge in [0.2, 0.25) is 15.8 Å². The van der Waals surface area contributed by atoms with Gasteiger partial charge in [-0.1, -0.05) is 6.42 Å². The van der Waals surface area contributed by atoms with E-state index < -0.39 is 14.8 Å². The molecule has 0 atom stereocenters. The molecule has 0 unspecified atom stereocenters. The molecule has 156 valence electrons. The fourth-order valence-corrected chi connectivity index (χ4v) is 3.29. The predicted octanol–water partition coefficient (Wildman–Crippen LogP) is 2.69. The Hall–Kier alpha value is -1.51. The van der Waals surface area contributed by atoms with Crippen LogP contribution in [-0.2, 0) is 16.6 Å². The van der Waals surface area contributed by atoms with E-state index in [0.29, 0.717) is 30.3 Å². The lowest BCUT2D eigenvalue weighted by Gasteiger charge is -2.19. The predicted molar refractivity (Wildman–Crippen MR) is 108 cm³/mol. The first kappa shape index (κ1) is 23.5. The number of hydrogen-bond donors (Lipinski definition) is 2. The fourth-order valence-electron chi connectivity index (χ4n) is 2.44. The minimum absolute atomic E-state index is 0.479. The maximum atomic E-state index is 11.9. The zero-order chi connectivity index (χ0) is 20.5. The molecule has 2 N–H and O–H groups in total. The topological polar surface area (TPSA) is 85.9 Å². The zero-order valence-electron chi connectivity index (χ0n) is 17.3. The number of nitrogens with one attached hydrogen (secondary N) is 2. The summed E-state index contributed by atoms with van der Waals surface area (Å²) in [6.07, 6.45) is 2.75. The molecule has 0 heterocycles. The second-order valence-electron chi connectivity index (χ2n) is 7.28. The average Bonchev–Trinajstić information content (AvgIpc) is 2.61. The lowest BCUT2D eigenvalue weighted by Crippen LogP contribution is -2.39. The molecule has 0 saturated heterocycles. The van der Waals surface area contributed by atoms with Crippen LogP contribution >= 0.6 is 0 Å². The first-order chi connectivity index (χ1) is 12.7. The van der Waals surface area contributed by atoms with Crippen molar-refractivity contribution in [3.8, 4) is 17.2 Å². The summed E-state index contributed by atoms with van der Waals surface area (Å²) in [6.45, 7) is 7.11. The first-order valence-corrected chi connectivity index (χ1v) is 10.6. The van der Waals surface area contributed by atoms with Crippen LogP contribution in [0.25, 0.3) is 0 Å². The Labute approximate surface area is 163 Å². The smallest absolute Gasteiger partial charge is 0.216 e. The molecule has 27 heavy (non-hydrogen) atoms. The van der Waals surface area contributed by atoms with Crippen molar-refractivity contribution >= 4 is 10.0 Å². The molecular formula is C19H34N2O5S. The van der Waals surface area contributed by atoms with Gasteiger partial charge in [0.15, 0.2) is 11.5 Å². The van der Waals surface area contributed by atoms with E-state index in [9.17, 15) is 8.42 Å². The van der Waals surface area contributed by atoms with Crippen LogP contribution in [0.15, 0.2) is 12.1 Å². The number of methoxy groups -OCH3 is 3. The first-order valence-electron chi connectivity index (χ1n) is 9.15. The molecule has 1 aromatic rings. The van der Waals surface area contributed by atoms with E-state index in [-0.39, 0.29) is 0 Å². The highest BCUT2D eigenvalue weighted by Gasteiger charge is 2.27. The number of unbranched alkanes of at least 4 members (excludes halogenated alkanes) is 2. The third kappa shape index (κ3) is 7.20. The van der Waals surface area contributed by atoms with E-state index in [0.717, 1.165) is 31.4 Å². The third-order valence-corrected chi connectivity index (χ3v) is 6.38. The normalized spacial score (nSPS) is 12.1. The minimum atomic E-state index is -3.25. The van der Waals surface area contributed by atoms with E-state index in [2.05, 4.69) is 10.0 Å². The fraction of sp³-hybridized carbons (Fsp3) is 0.684. The highest BCUT2D eigenvalue weighted by Crippen LogP contribution is 2.38. The summed E-state index contributed by atoms with van der Waals surface area (Å²) >= 11 is 0. The number of sulfonamides is 1. The van der Waals surface area contributed by atoms with Crippen LogP contribution in [0.3, 0.4) is 0 Å². The van der Waals surface area contributed by atoms with E-state index in [1.807, 2.05) is 12.1 Å². The molecular weight excluding hydrogens is 368 g/mol. The molecule has 1 aromatic carbocycles. The van der Waals surface area contributed by atoms with Crippen molar-refractivity contribution in [3.05, 3.63) is 17.7 Å². The molecule has 0 fully saturated rings. The van der Waals surface area contributed by atoms with E-state index in [1.165, 1.54) is 0 Å². The van der Waals surface area contributed by atoms with Crippen LogP contribution in [-0.4, -0.2) is 47.6 Å². The second-order valence-corrected chi connectivity index (χ2v) is 9.80. The molecule has 0 saturated carbocycles. The van der Waals surface area contributed by atoms with Gasteiger partial charge in [0.05, 0.1) is 26.1 Å². The lowest BCUT2D eigenvalue weighted by molar-refractivity contribution is 0.323. The van der Waals surface area contributed by atoms with Crippen LogP contribution < -0.4 is 24.2 Å². The van der Waals surface area contributed by atoms with Crippen LogP contribution in [0.5, 0.6) is 17.2 Å². The number of hydrogen-bond acceptors (Lipinski definition) is 6. The van der Waals surface area contributed by atoms with E-state index >= 15 is 0 Å². The number of rotatable bonds is 12. The van der Waals surface area contributed by atoms with Crippen molar-refractivity contribution in [2.45, 2.75) is 51.3 Å². The third-order valence-electron chi connectivity index (χ3n) is 4.18. The van der Waals surface area contributed by atoms with Crippen molar-refractivity contribution < 1.29 is 22.6 Å². The van der Waals surface area contributed by atoms with Crippen LogP contribution in [0.2, 0.25) is 0 Å². The molecule has 7 nitrogen and oxygen atoms in total. The van der Waals surface area contributed by atoms with Gasteiger partial charge in [0, 0.05) is 13.1 Å². The molecule has 0 aliphatic carbocycles. The van der Waals surface area contributed by atoms with Crippen molar-refractivity contribution in [2.24, 2.45) is 0 Å². The van der Waals surface area contributed by atoms with E-state index in [1.54, 1.807) is 42.1 Å². The SMILES string of the molecule is COc1cc(CNCCCCCNS(=O)(=O)C(C)(C)C)cc(OC)c1OC. The molecule has 0 radical (unpaired) electrons. The van der Waals surface area contributed by atoms with Gasteiger partial charge < -0.3 is 19.5 Å². The average molecular weight is 403 g/mol. The highest BCUT2D eigenvalue weighted by molar-refractivity contribution is 7.90. The standard InChI is InChI=1S/C19H34N2O5S/c1-19(2,3)27(22,23)21-11-9-7-8-10-20-14-15-12-16(24-4)18(26-6)17(13-15)25-5/h12-13,20-21H,7-11,14H2,1-6H3. The van der Waals surface area contributed by atoms with Gasteiger partial charge in [-0.15, -0.1) is 0 Å². The Morgan fingerprint density at radius 3 is 1.93 bits per heavy atom. The zero-order valence-corrected chi connectivity index (χ0v) is 18.2. The molecule has 1 rings (SSSR count). The summed E-state index contributed by atoms with van der Waals surface area (Å²) in [7, 11) is 1.53. The molecule has 8 heteroatoms. The van der Waals surface area contributed by atoms with Gasteiger partial charge in [-0.05, 0) is 57.9 Å². The Morgan fingerprint density at radius 1 is 0.889 bits per heavy atom. The Bertz CT molecular complexity index is 659. The Morgan fingerprint density at radius 2 is 1.44 bits per heavy atom. The van der Waals surface area contributed by atoms with Gasteiger partial charge in [0.25, 0.3) is 0 Å². The van der Waals surface area contributed by atoms with Gasteiger partial charge in [-0.3, -0.25) is 0 Å². The Kier molecular flexibility index (Phi) is 9.35. The van der Waals surface area contributed by atoms with Crippen LogP contribution in [0.4, 0.5) is 0 Å². The van der Waals surface area contributed by atoms with Crippen LogP contribution in [0, 0.1) is 0 Å². The summed E-state index contributed by atoms with van der Waals surface area (Å²) in [5, 5.41) is 3.38. The summed E-state index contributed by atoms with van der Waals surface area (Å²) in [4.78, 5) is 0. The molecule has 0 aliphatic rings. The van der Waals surface area contributed by atoms with Gasteiger partial charge >= 0.3 is 0 Å². The summed E-state index contributed by atoms with van der Waals surface area (Å²) in [6, 6.07) is 3.85. The number of ether oxygens (including phenoxy) is 3. The maximum Gasteiger partial charge on any atom is 0.216 e. The summed E-state index contributed by atoms with van der Waals surface area (Å²) < 4.78 is 41.8. The van der Waals surface area contributed by atoms with Crippen molar-refractivity contribution in [3.63, 3.8) is 0 Å². The Balaban J connectivity index is 2.33. The molecule has 0 aromatic heterocycles. The molecule has 0 amide bonds. The van der Waals surface area contributed by atoms with Gasteiger partial charge in [-0.25, -0.2) is 13.1 Å². The molecule has 0 bridgehead atoms. The monoisotopic (exact) mass is 402 g/mol. The van der Waals surface area contributed by atoms with Crippen molar-refractivity contribution in [1.82, 2.24) is 10.0 Å². The summed E-state index contributed by atoms with van der Waals surface area (Å²) in [5.74, 6) is 1.86. The second kappa shape index (κ2) is 10.7. The van der Waals surface area contributed by atoms with Gasteiger partial charge in [0.1, 0.15) is 0 Å². The molecule has 0 spiro atoms. The highest BCUT2D eigenvalue weighted by atomic mass is 32.2.